The minimum absolute atomic E-state index is 0.129. The number of carbonyl (C=O) groups is 1. The van der Waals surface area contributed by atoms with E-state index in [9.17, 15) is 4.79 Å². The zero-order valence-corrected chi connectivity index (χ0v) is 17.1. The van der Waals surface area contributed by atoms with Crippen LogP contribution in [0, 0.1) is 0 Å². The van der Waals surface area contributed by atoms with Crippen LogP contribution in [-0.2, 0) is 11.2 Å². The molecule has 0 saturated heterocycles. The van der Waals surface area contributed by atoms with Crippen molar-refractivity contribution in [2.45, 2.75) is 33.1 Å². The number of hydrogen-bond donors (Lipinski definition) is 3. The van der Waals surface area contributed by atoms with E-state index in [1.807, 2.05) is 19.1 Å². The Morgan fingerprint density at radius 2 is 1.57 bits per heavy atom. The number of nitrogens with one attached hydrogen (secondary N) is 3. The van der Waals surface area contributed by atoms with Crippen molar-refractivity contribution in [2.75, 3.05) is 18.5 Å². The highest BCUT2D eigenvalue weighted by molar-refractivity contribution is 7.80. The highest BCUT2D eigenvalue weighted by atomic mass is 32.1. The number of anilines is 1. The molecule has 0 aliphatic carbocycles. The summed E-state index contributed by atoms with van der Waals surface area (Å²) < 4.78 is 10.8. The molecular formula is C21H27N3O3S. The van der Waals surface area contributed by atoms with E-state index in [0.717, 1.165) is 17.9 Å². The first kappa shape index (κ1) is 21.5. The lowest BCUT2D eigenvalue weighted by molar-refractivity contribution is -0.123. The smallest absolute Gasteiger partial charge is 0.276 e. The monoisotopic (exact) mass is 401 g/mol. The zero-order valence-electron chi connectivity index (χ0n) is 16.3. The lowest BCUT2D eigenvalue weighted by Gasteiger charge is -2.12. The van der Waals surface area contributed by atoms with Gasteiger partial charge in [-0.1, -0.05) is 25.5 Å². The third kappa shape index (κ3) is 7.84. The molecule has 0 aliphatic heterocycles. The van der Waals surface area contributed by atoms with Gasteiger partial charge in [-0.3, -0.25) is 15.6 Å². The van der Waals surface area contributed by atoms with Gasteiger partial charge in [0.25, 0.3) is 5.91 Å². The van der Waals surface area contributed by atoms with E-state index in [4.69, 9.17) is 21.7 Å². The summed E-state index contributed by atoms with van der Waals surface area (Å²) in [6, 6.07) is 15.2. The van der Waals surface area contributed by atoms with E-state index in [1.165, 1.54) is 18.4 Å². The van der Waals surface area contributed by atoms with Crippen LogP contribution in [-0.4, -0.2) is 24.2 Å². The van der Waals surface area contributed by atoms with Gasteiger partial charge >= 0.3 is 0 Å². The van der Waals surface area contributed by atoms with E-state index in [-0.39, 0.29) is 12.5 Å². The molecule has 0 radical (unpaired) electrons. The number of hydrogen-bond acceptors (Lipinski definition) is 4. The number of rotatable bonds is 9. The van der Waals surface area contributed by atoms with E-state index in [1.54, 1.807) is 24.3 Å². The molecule has 2 aromatic carbocycles. The molecule has 3 N–H and O–H groups in total. The third-order valence-corrected chi connectivity index (χ3v) is 4.06. The average molecular weight is 402 g/mol. The van der Waals surface area contributed by atoms with E-state index >= 15 is 0 Å². The molecule has 0 atom stereocenters. The summed E-state index contributed by atoms with van der Waals surface area (Å²) in [5.74, 6) is 1.01. The van der Waals surface area contributed by atoms with Crippen LogP contribution < -0.4 is 25.6 Å². The largest absolute Gasteiger partial charge is 0.494 e. The summed E-state index contributed by atoms with van der Waals surface area (Å²) in [4.78, 5) is 11.9. The number of hydrazine groups is 1. The molecule has 0 aromatic heterocycles. The number of benzene rings is 2. The van der Waals surface area contributed by atoms with Crippen LogP contribution in [0.25, 0.3) is 0 Å². The quantitative estimate of drug-likeness (QED) is 0.438. The van der Waals surface area contributed by atoms with Crippen LogP contribution in [0.15, 0.2) is 48.5 Å². The maximum atomic E-state index is 11.9. The van der Waals surface area contributed by atoms with Crippen molar-refractivity contribution in [3.05, 3.63) is 54.1 Å². The van der Waals surface area contributed by atoms with Crippen molar-refractivity contribution in [3.63, 3.8) is 0 Å². The molecule has 0 aliphatic rings. The van der Waals surface area contributed by atoms with Crippen molar-refractivity contribution in [2.24, 2.45) is 0 Å². The maximum absolute atomic E-state index is 11.9. The zero-order chi connectivity index (χ0) is 20.2. The van der Waals surface area contributed by atoms with Gasteiger partial charge in [-0.05, 0) is 73.9 Å². The van der Waals surface area contributed by atoms with Gasteiger partial charge in [-0.15, -0.1) is 0 Å². The molecule has 1 amide bonds. The maximum Gasteiger partial charge on any atom is 0.276 e. The third-order valence-electron chi connectivity index (χ3n) is 3.85. The average Bonchev–Trinajstić information content (AvgIpc) is 2.71. The minimum atomic E-state index is -0.340. The van der Waals surface area contributed by atoms with Crippen LogP contribution in [0.1, 0.15) is 32.3 Å². The standard InChI is InChI=1S/C21H27N3O3S/c1-3-5-6-16-7-9-17(10-8-16)22-21(28)24-23-20(25)15-27-19-13-11-18(12-14-19)26-4-2/h7-14H,3-6,15H2,1-2H3,(H,23,25)(H2,22,24,28). The predicted molar refractivity (Wildman–Crippen MR) is 116 cm³/mol. The molecule has 28 heavy (non-hydrogen) atoms. The lowest BCUT2D eigenvalue weighted by atomic mass is 10.1. The van der Waals surface area contributed by atoms with Gasteiger partial charge in [-0.25, -0.2) is 0 Å². The number of carbonyl (C=O) groups excluding carboxylic acids is 1. The van der Waals surface area contributed by atoms with Crippen molar-refractivity contribution in [1.29, 1.82) is 0 Å². The van der Waals surface area contributed by atoms with Crippen molar-refractivity contribution < 1.29 is 14.3 Å². The highest BCUT2D eigenvalue weighted by Crippen LogP contribution is 2.17. The summed E-state index contributed by atoms with van der Waals surface area (Å²) in [5.41, 5.74) is 7.32. The Labute approximate surface area is 171 Å². The van der Waals surface area contributed by atoms with E-state index in [0.29, 0.717) is 17.5 Å². The van der Waals surface area contributed by atoms with Crippen LogP contribution >= 0.6 is 12.2 Å². The first-order valence-corrected chi connectivity index (χ1v) is 9.82. The van der Waals surface area contributed by atoms with Crippen LogP contribution in [0.4, 0.5) is 5.69 Å². The molecule has 0 fully saturated rings. The molecule has 0 saturated carbocycles. The van der Waals surface area contributed by atoms with E-state index in [2.05, 4.69) is 35.2 Å². The molecule has 7 heteroatoms. The first-order valence-electron chi connectivity index (χ1n) is 9.41. The Morgan fingerprint density at radius 3 is 2.18 bits per heavy atom. The van der Waals surface area contributed by atoms with E-state index < -0.39 is 0 Å². The summed E-state index contributed by atoms with van der Waals surface area (Å²) in [6.45, 7) is 4.57. The van der Waals surface area contributed by atoms with Gasteiger partial charge in [0.1, 0.15) is 11.5 Å². The molecule has 0 heterocycles. The summed E-state index contributed by atoms with van der Waals surface area (Å²) >= 11 is 5.18. The van der Waals surface area contributed by atoms with Gasteiger partial charge in [0.15, 0.2) is 11.7 Å². The first-order chi connectivity index (χ1) is 13.6. The van der Waals surface area contributed by atoms with Crippen molar-refractivity contribution in [3.8, 4) is 11.5 Å². The molecule has 0 bridgehead atoms. The number of unbranched alkanes of at least 4 members (excludes halogenated alkanes) is 1. The van der Waals surface area contributed by atoms with Crippen molar-refractivity contribution >= 4 is 28.9 Å². The van der Waals surface area contributed by atoms with Gasteiger partial charge in [0.05, 0.1) is 6.61 Å². The normalized spacial score (nSPS) is 10.1. The fourth-order valence-corrected chi connectivity index (χ4v) is 2.58. The highest BCUT2D eigenvalue weighted by Gasteiger charge is 2.04. The Balaban J connectivity index is 1.68. The molecule has 0 unspecified atom stereocenters. The van der Waals surface area contributed by atoms with Crippen molar-refractivity contribution in [1.82, 2.24) is 10.9 Å². The van der Waals surface area contributed by atoms with Gasteiger partial charge in [0.2, 0.25) is 0 Å². The Bertz CT molecular complexity index is 748. The second-order valence-corrected chi connectivity index (χ2v) is 6.53. The lowest BCUT2D eigenvalue weighted by Crippen LogP contribution is -2.45. The van der Waals surface area contributed by atoms with Gasteiger partial charge < -0.3 is 14.8 Å². The number of ether oxygens (including phenoxy) is 2. The Morgan fingerprint density at radius 1 is 0.929 bits per heavy atom. The molecule has 2 aromatic rings. The van der Waals surface area contributed by atoms with Gasteiger partial charge in [0, 0.05) is 5.69 Å². The molecule has 0 spiro atoms. The molecule has 6 nitrogen and oxygen atoms in total. The second-order valence-electron chi connectivity index (χ2n) is 6.12. The molecular weight excluding hydrogens is 374 g/mol. The predicted octanol–water partition coefficient (Wildman–Crippen LogP) is 3.82. The second kappa shape index (κ2) is 11.8. The van der Waals surface area contributed by atoms with Gasteiger partial charge in [-0.2, -0.15) is 0 Å². The fraction of sp³-hybridized carbons (Fsp3) is 0.333. The Kier molecular flexibility index (Phi) is 9.07. The SMILES string of the molecule is CCCCc1ccc(NC(=S)NNC(=O)COc2ccc(OCC)cc2)cc1. The molecule has 2 rings (SSSR count). The minimum Gasteiger partial charge on any atom is -0.494 e. The topological polar surface area (TPSA) is 71.6 Å². The Hall–Kier alpha value is -2.80. The number of aryl methyl sites for hydroxylation is 1. The summed E-state index contributed by atoms with van der Waals surface area (Å²) in [7, 11) is 0. The number of amides is 1. The number of thiocarbonyl (C=S) groups is 1. The van der Waals surface area contributed by atoms with Crippen LogP contribution in [0.3, 0.4) is 0 Å². The summed E-state index contributed by atoms with van der Waals surface area (Å²) in [6.07, 6.45) is 3.43. The summed E-state index contributed by atoms with van der Waals surface area (Å²) in [5, 5.41) is 3.33. The van der Waals surface area contributed by atoms with Crippen LogP contribution in [0.2, 0.25) is 0 Å². The fourth-order valence-electron chi connectivity index (χ4n) is 2.41. The van der Waals surface area contributed by atoms with Crippen LogP contribution in [0.5, 0.6) is 11.5 Å². The molecule has 150 valence electrons.